The molecule has 2 N–H and O–H groups in total. The van der Waals surface area contributed by atoms with Crippen molar-refractivity contribution >= 4 is 50.6 Å². The topological polar surface area (TPSA) is 122 Å². The maximum Gasteiger partial charge on any atom is 0.351 e. The molecule has 0 bridgehead atoms. The van der Waals surface area contributed by atoms with Crippen molar-refractivity contribution in [1.29, 1.82) is 0 Å². The molecule has 1 aromatic heterocycles. The van der Waals surface area contributed by atoms with Gasteiger partial charge in [0.2, 0.25) is 10.0 Å². The lowest BCUT2D eigenvalue weighted by Crippen LogP contribution is -2.42. The van der Waals surface area contributed by atoms with E-state index in [4.69, 9.17) is 26.2 Å². The zero-order valence-corrected chi connectivity index (χ0v) is 22.9. The highest BCUT2D eigenvalue weighted by Crippen LogP contribution is 2.46. The molecule has 202 valence electrons. The lowest BCUT2D eigenvalue weighted by Gasteiger charge is -2.32. The number of sulfonamides is 1. The van der Waals surface area contributed by atoms with Crippen molar-refractivity contribution in [3.05, 3.63) is 70.1 Å². The first-order chi connectivity index (χ1) is 18.2. The van der Waals surface area contributed by atoms with Crippen LogP contribution in [0.5, 0.6) is 5.75 Å². The SMILES string of the molecule is COC(=O)c1sc(-c2cccc(NC3CCN(S(=O)(=O)Cc4ccccc4)CC3)c2)c(Cl)c1OCC(=O)O. The van der Waals surface area contributed by atoms with Crippen LogP contribution in [-0.4, -0.2) is 62.6 Å². The number of rotatable bonds is 10. The number of thiophene rings is 1. The zero-order valence-electron chi connectivity index (χ0n) is 20.6. The monoisotopic (exact) mass is 578 g/mol. The Kier molecular flexibility index (Phi) is 8.93. The summed E-state index contributed by atoms with van der Waals surface area (Å²) in [6.45, 7) is 0.202. The molecule has 1 saturated heterocycles. The molecule has 38 heavy (non-hydrogen) atoms. The van der Waals surface area contributed by atoms with E-state index in [1.165, 1.54) is 7.11 Å². The second-order valence-electron chi connectivity index (χ2n) is 8.72. The first-order valence-corrected chi connectivity index (χ1v) is 14.6. The Bertz CT molecular complexity index is 1400. The second kappa shape index (κ2) is 12.2. The number of carbonyl (C=O) groups excluding carboxylic acids is 1. The first kappa shape index (κ1) is 27.9. The van der Waals surface area contributed by atoms with Crippen LogP contribution < -0.4 is 10.1 Å². The van der Waals surface area contributed by atoms with Crippen molar-refractivity contribution in [2.45, 2.75) is 24.6 Å². The Hall–Kier alpha value is -3.12. The fourth-order valence-corrected chi connectivity index (χ4v) is 7.26. The van der Waals surface area contributed by atoms with Crippen LogP contribution in [0.1, 0.15) is 28.1 Å². The fourth-order valence-electron chi connectivity index (χ4n) is 4.21. The number of nitrogens with one attached hydrogen (secondary N) is 1. The van der Waals surface area contributed by atoms with Gasteiger partial charge in [-0.1, -0.05) is 54.1 Å². The van der Waals surface area contributed by atoms with Gasteiger partial charge in [0.1, 0.15) is 5.02 Å². The number of halogens is 1. The number of carbonyl (C=O) groups is 2. The van der Waals surface area contributed by atoms with Gasteiger partial charge in [0, 0.05) is 24.8 Å². The minimum Gasteiger partial charge on any atom is -0.479 e. The summed E-state index contributed by atoms with van der Waals surface area (Å²) in [5.41, 5.74) is 2.29. The molecule has 3 aromatic rings. The molecular weight excluding hydrogens is 552 g/mol. The van der Waals surface area contributed by atoms with E-state index in [1.807, 2.05) is 54.6 Å². The van der Waals surface area contributed by atoms with Gasteiger partial charge in [0.15, 0.2) is 17.2 Å². The molecular formula is C26H27ClN2O7S2. The smallest absolute Gasteiger partial charge is 0.351 e. The molecule has 12 heteroatoms. The maximum atomic E-state index is 12.9. The number of hydrogen-bond acceptors (Lipinski definition) is 8. The van der Waals surface area contributed by atoms with Crippen LogP contribution in [0, 0.1) is 0 Å². The average Bonchev–Trinajstić information content (AvgIpc) is 3.23. The summed E-state index contributed by atoms with van der Waals surface area (Å²) in [5, 5.41) is 12.6. The number of hydrogen-bond donors (Lipinski definition) is 2. The molecule has 0 amide bonds. The maximum absolute atomic E-state index is 12.9. The van der Waals surface area contributed by atoms with Crippen LogP contribution in [0.3, 0.4) is 0 Å². The Morgan fingerprint density at radius 1 is 1.13 bits per heavy atom. The number of piperidine rings is 1. The summed E-state index contributed by atoms with van der Waals surface area (Å²) in [5.74, 6) is -1.91. The molecule has 0 saturated carbocycles. The van der Waals surface area contributed by atoms with E-state index < -0.39 is 28.6 Å². The van der Waals surface area contributed by atoms with Gasteiger partial charge in [-0.15, -0.1) is 11.3 Å². The number of carboxylic acid groups (broad SMARTS) is 1. The number of methoxy groups -OCH3 is 1. The zero-order chi connectivity index (χ0) is 27.3. The lowest BCUT2D eigenvalue weighted by atomic mass is 10.1. The molecule has 0 radical (unpaired) electrons. The second-order valence-corrected chi connectivity index (χ2v) is 12.1. The van der Waals surface area contributed by atoms with Crippen LogP contribution in [-0.2, 0) is 25.3 Å². The first-order valence-electron chi connectivity index (χ1n) is 11.8. The Morgan fingerprint density at radius 2 is 1.84 bits per heavy atom. The number of esters is 1. The van der Waals surface area contributed by atoms with E-state index in [1.54, 1.807) is 4.31 Å². The molecule has 0 atom stereocenters. The Morgan fingerprint density at radius 3 is 2.50 bits per heavy atom. The highest BCUT2D eigenvalue weighted by molar-refractivity contribution is 7.88. The van der Waals surface area contributed by atoms with E-state index in [0.29, 0.717) is 36.4 Å². The van der Waals surface area contributed by atoms with E-state index in [2.05, 4.69) is 5.32 Å². The van der Waals surface area contributed by atoms with Crippen molar-refractivity contribution < 1.29 is 32.6 Å². The fraction of sp³-hybridized carbons (Fsp3) is 0.308. The number of nitrogens with zero attached hydrogens (tertiary/aromatic N) is 1. The number of aliphatic carboxylic acids is 1. The Balaban J connectivity index is 1.44. The van der Waals surface area contributed by atoms with Gasteiger partial charge < -0.3 is 19.9 Å². The van der Waals surface area contributed by atoms with Gasteiger partial charge in [-0.25, -0.2) is 22.3 Å². The van der Waals surface area contributed by atoms with Crippen LogP contribution >= 0.6 is 22.9 Å². The molecule has 9 nitrogen and oxygen atoms in total. The van der Waals surface area contributed by atoms with Crippen LogP contribution in [0.25, 0.3) is 10.4 Å². The summed E-state index contributed by atoms with van der Waals surface area (Å²) in [6.07, 6.45) is 1.30. The summed E-state index contributed by atoms with van der Waals surface area (Å²) in [7, 11) is -2.17. The summed E-state index contributed by atoms with van der Waals surface area (Å²) < 4.78 is 37.4. The predicted molar refractivity (Wildman–Crippen MR) is 147 cm³/mol. The molecule has 0 aliphatic carbocycles. The molecule has 1 aliphatic rings. The van der Waals surface area contributed by atoms with E-state index in [9.17, 15) is 18.0 Å². The third-order valence-electron chi connectivity index (χ3n) is 6.05. The minimum atomic E-state index is -3.40. The van der Waals surface area contributed by atoms with E-state index >= 15 is 0 Å². The summed E-state index contributed by atoms with van der Waals surface area (Å²) >= 11 is 7.57. The number of carboxylic acids is 1. The van der Waals surface area contributed by atoms with Gasteiger partial charge in [-0.05, 0) is 36.1 Å². The predicted octanol–water partition coefficient (Wildman–Crippen LogP) is 4.72. The molecule has 4 rings (SSSR count). The van der Waals surface area contributed by atoms with E-state index in [0.717, 1.165) is 22.6 Å². The highest BCUT2D eigenvalue weighted by atomic mass is 35.5. The van der Waals surface area contributed by atoms with Crippen molar-refractivity contribution in [3.8, 4) is 16.2 Å². The summed E-state index contributed by atoms with van der Waals surface area (Å²) in [4.78, 5) is 23.8. The quantitative estimate of drug-likeness (QED) is 0.331. The number of ether oxygens (including phenoxy) is 2. The summed E-state index contributed by atoms with van der Waals surface area (Å²) in [6, 6.07) is 16.7. The lowest BCUT2D eigenvalue weighted by molar-refractivity contribution is -0.139. The van der Waals surface area contributed by atoms with Crippen molar-refractivity contribution in [2.24, 2.45) is 0 Å². The van der Waals surface area contributed by atoms with Gasteiger partial charge in [-0.2, -0.15) is 0 Å². The van der Waals surface area contributed by atoms with Crippen LogP contribution in [0.4, 0.5) is 5.69 Å². The van der Waals surface area contributed by atoms with Crippen LogP contribution in [0.2, 0.25) is 5.02 Å². The average molecular weight is 579 g/mol. The minimum absolute atomic E-state index is 0.0126. The van der Waals surface area contributed by atoms with E-state index in [-0.39, 0.29) is 27.4 Å². The van der Waals surface area contributed by atoms with Crippen molar-refractivity contribution in [1.82, 2.24) is 4.31 Å². The third-order valence-corrected chi connectivity index (χ3v) is 9.58. The van der Waals surface area contributed by atoms with Gasteiger partial charge in [0.05, 0.1) is 17.7 Å². The van der Waals surface area contributed by atoms with Crippen molar-refractivity contribution in [2.75, 3.05) is 32.1 Å². The largest absolute Gasteiger partial charge is 0.479 e. The van der Waals surface area contributed by atoms with Crippen molar-refractivity contribution in [3.63, 3.8) is 0 Å². The number of benzene rings is 2. The van der Waals surface area contributed by atoms with Gasteiger partial charge in [-0.3, -0.25) is 0 Å². The normalized spacial score (nSPS) is 14.7. The molecule has 2 heterocycles. The van der Waals surface area contributed by atoms with Crippen LogP contribution in [0.15, 0.2) is 54.6 Å². The van der Waals surface area contributed by atoms with Gasteiger partial charge >= 0.3 is 11.9 Å². The molecule has 0 spiro atoms. The molecule has 1 fully saturated rings. The number of anilines is 1. The standard InChI is InChI=1S/C26H27ClN2O7S2/c1-35-26(32)25-23(36-15-21(30)31)22(27)24(37-25)18-8-5-9-20(14-18)28-19-10-12-29(13-11-19)38(33,34)16-17-6-3-2-4-7-17/h2-9,14,19,28H,10-13,15-16H2,1H3,(H,30,31). The molecule has 0 unspecified atom stereocenters. The Labute approximate surface area is 230 Å². The third kappa shape index (κ3) is 6.65. The van der Waals surface area contributed by atoms with Gasteiger partial charge in [0.25, 0.3) is 0 Å². The molecule has 1 aliphatic heterocycles. The molecule has 2 aromatic carbocycles. The highest BCUT2D eigenvalue weighted by Gasteiger charge is 2.29.